The Kier molecular flexibility index (Phi) is 7.44. The van der Waals surface area contributed by atoms with Crippen LogP contribution < -0.4 is 5.32 Å². The van der Waals surface area contributed by atoms with Crippen molar-refractivity contribution in [3.05, 3.63) is 35.9 Å². The first kappa shape index (κ1) is 19.8. The number of nitrogens with one attached hydrogen (secondary N) is 1. The van der Waals surface area contributed by atoms with Gasteiger partial charge in [-0.05, 0) is 25.3 Å². The Morgan fingerprint density at radius 1 is 1.19 bits per heavy atom. The van der Waals surface area contributed by atoms with Crippen molar-refractivity contribution in [3.63, 3.8) is 0 Å². The van der Waals surface area contributed by atoms with Gasteiger partial charge in [0.05, 0.1) is 19.6 Å². The first-order chi connectivity index (χ1) is 12.5. The zero-order valence-electron chi connectivity index (χ0n) is 15.3. The topological polar surface area (TPSA) is 84.9 Å². The van der Waals surface area contributed by atoms with Gasteiger partial charge in [-0.3, -0.25) is 4.79 Å². The van der Waals surface area contributed by atoms with Gasteiger partial charge in [-0.15, -0.1) is 0 Å². The Bertz CT molecular complexity index is 612. The molecule has 26 heavy (non-hydrogen) atoms. The number of carbonyl (C=O) groups is 3. The van der Waals surface area contributed by atoms with Crippen LogP contribution in [0.5, 0.6) is 0 Å². The molecule has 142 valence electrons. The van der Waals surface area contributed by atoms with E-state index >= 15 is 0 Å². The Morgan fingerprint density at radius 2 is 1.85 bits per heavy atom. The van der Waals surface area contributed by atoms with Gasteiger partial charge in [0.1, 0.15) is 6.04 Å². The summed E-state index contributed by atoms with van der Waals surface area (Å²) in [4.78, 5) is 37.9. The number of hydrogen-bond donors (Lipinski definition) is 1. The summed E-state index contributed by atoms with van der Waals surface area (Å²) >= 11 is 0. The summed E-state index contributed by atoms with van der Waals surface area (Å²) in [7, 11) is 1.30. The van der Waals surface area contributed by atoms with Crippen molar-refractivity contribution in [2.45, 2.75) is 32.2 Å². The first-order valence-electron chi connectivity index (χ1n) is 8.89. The highest BCUT2D eigenvalue weighted by Crippen LogP contribution is 2.19. The van der Waals surface area contributed by atoms with Crippen LogP contribution in [0.2, 0.25) is 0 Å². The predicted octanol–water partition coefficient (Wildman–Crippen LogP) is 1.76. The van der Waals surface area contributed by atoms with E-state index in [2.05, 4.69) is 5.32 Å². The molecule has 0 aliphatic carbocycles. The molecule has 1 saturated heterocycles. The van der Waals surface area contributed by atoms with Crippen LogP contribution in [-0.4, -0.2) is 55.7 Å². The maximum Gasteiger partial charge on any atom is 0.328 e. The molecule has 2 amide bonds. The van der Waals surface area contributed by atoms with E-state index in [4.69, 9.17) is 9.47 Å². The molecule has 1 aromatic rings. The molecule has 0 saturated carbocycles. The number of piperidine rings is 1. The largest absolute Gasteiger partial charge is 0.467 e. The zero-order valence-corrected chi connectivity index (χ0v) is 15.3. The number of benzene rings is 1. The number of ether oxygens (including phenoxy) is 2. The number of amides is 2. The zero-order chi connectivity index (χ0) is 18.9. The molecule has 2 rings (SSSR count). The molecule has 0 radical (unpaired) electrons. The van der Waals surface area contributed by atoms with Crippen LogP contribution in [0.4, 0.5) is 4.79 Å². The van der Waals surface area contributed by atoms with E-state index in [9.17, 15) is 14.4 Å². The molecule has 1 N–H and O–H groups in total. The molecule has 1 aliphatic rings. The van der Waals surface area contributed by atoms with Crippen LogP contribution in [0.3, 0.4) is 0 Å². The van der Waals surface area contributed by atoms with Gasteiger partial charge in [-0.1, -0.05) is 30.3 Å². The smallest absolute Gasteiger partial charge is 0.328 e. The molecule has 1 fully saturated rings. The minimum atomic E-state index is -0.752. The van der Waals surface area contributed by atoms with Crippen molar-refractivity contribution in [1.29, 1.82) is 0 Å². The molecule has 1 heterocycles. The number of likely N-dealkylation sites (tertiary alicyclic amines) is 1. The molecule has 1 unspecified atom stereocenters. The molecule has 7 heteroatoms. The lowest BCUT2D eigenvalue weighted by Gasteiger charge is -2.32. The van der Waals surface area contributed by atoms with Crippen molar-refractivity contribution in [2.24, 2.45) is 5.92 Å². The molecule has 0 bridgehead atoms. The molecule has 0 aromatic heterocycles. The van der Waals surface area contributed by atoms with Crippen LogP contribution in [0.1, 0.15) is 25.3 Å². The molecular formula is C19H26N2O5. The van der Waals surface area contributed by atoms with Gasteiger partial charge in [0.2, 0.25) is 0 Å². The van der Waals surface area contributed by atoms with Crippen molar-refractivity contribution in [1.82, 2.24) is 10.2 Å². The van der Waals surface area contributed by atoms with Crippen LogP contribution in [0.15, 0.2) is 30.3 Å². The van der Waals surface area contributed by atoms with E-state index < -0.39 is 12.0 Å². The summed E-state index contributed by atoms with van der Waals surface area (Å²) in [6, 6.07) is 8.37. The van der Waals surface area contributed by atoms with E-state index in [1.165, 1.54) is 7.11 Å². The van der Waals surface area contributed by atoms with E-state index in [1.807, 2.05) is 30.3 Å². The number of nitrogens with zero attached hydrogens (tertiary/aromatic N) is 1. The van der Waals surface area contributed by atoms with Crippen LogP contribution in [0.25, 0.3) is 0 Å². The fraction of sp³-hybridized carbons (Fsp3) is 0.526. The molecule has 1 aromatic carbocycles. The van der Waals surface area contributed by atoms with Crippen molar-refractivity contribution >= 4 is 18.0 Å². The van der Waals surface area contributed by atoms with Crippen molar-refractivity contribution < 1.29 is 23.9 Å². The number of hydrogen-bond acceptors (Lipinski definition) is 5. The second-order valence-electron chi connectivity index (χ2n) is 6.23. The second kappa shape index (κ2) is 9.79. The highest BCUT2D eigenvalue weighted by atomic mass is 16.5. The highest BCUT2D eigenvalue weighted by Gasteiger charge is 2.30. The van der Waals surface area contributed by atoms with Crippen LogP contribution in [-0.2, 0) is 25.5 Å². The first-order valence-corrected chi connectivity index (χ1v) is 8.89. The molecular weight excluding hydrogens is 336 g/mol. The van der Waals surface area contributed by atoms with E-state index in [-0.39, 0.29) is 17.9 Å². The van der Waals surface area contributed by atoms with Gasteiger partial charge >= 0.3 is 18.0 Å². The molecule has 7 nitrogen and oxygen atoms in total. The normalized spacial score (nSPS) is 15.8. The van der Waals surface area contributed by atoms with Crippen molar-refractivity contribution in [2.75, 3.05) is 26.8 Å². The van der Waals surface area contributed by atoms with Crippen LogP contribution in [0, 0.1) is 5.92 Å². The fourth-order valence-electron chi connectivity index (χ4n) is 3.00. The summed E-state index contributed by atoms with van der Waals surface area (Å²) in [5.74, 6) is -0.854. The monoisotopic (exact) mass is 362 g/mol. The number of carbonyl (C=O) groups excluding carboxylic acids is 3. The minimum absolute atomic E-state index is 0.167. The third-order valence-electron chi connectivity index (χ3n) is 4.47. The highest BCUT2D eigenvalue weighted by molar-refractivity contribution is 5.84. The van der Waals surface area contributed by atoms with Crippen LogP contribution >= 0.6 is 0 Å². The predicted molar refractivity (Wildman–Crippen MR) is 95.4 cm³/mol. The van der Waals surface area contributed by atoms with Gasteiger partial charge in [-0.2, -0.15) is 0 Å². The van der Waals surface area contributed by atoms with Gasteiger partial charge < -0.3 is 19.7 Å². The number of urea groups is 1. The summed E-state index contributed by atoms with van der Waals surface area (Å²) < 4.78 is 9.85. The number of esters is 2. The number of rotatable bonds is 6. The minimum Gasteiger partial charge on any atom is -0.467 e. The quantitative estimate of drug-likeness (QED) is 0.780. The molecule has 1 aliphatic heterocycles. The molecule has 1 atom stereocenters. The fourth-order valence-corrected chi connectivity index (χ4v) is 3.00. The lowest BCUT2D eigenvalue weighted by Crippen LogP contribution is -2.51. The van der Waals surface area contributed by atoms with Gasteiger partial charge in [0.25, 0.3) is 0 Å². The maximum absolute atomic E-state index is 12.5. The second-order valence-corrected chi connectivity index (χ2v) is 6.23. The maximum atomic E-state index is 12.5. The van der Waals surface area contributed by atoms with E-state index in [0.29, 0.717) is 39.0 Å². The van der Waals surface area contributed by atoms with Gasteiger partial charge in [0.15, 0.2) is 0 Å². The Hall–Kier alpha value is -2.57. The summed E-state index contributed by atoms with van der Waals surface area (Å²) in [5, 5.41) is 2.75. The Morgan fingerprint density at radius 3 is 2.42 bits per heavy atom. The lowest BCUT2D eigenvalue weighted by atomic mass is 9.97. The van der Waals surface area contributed by atoms with Gasteiger partial charge in [0, 0.05) is 19.5 Å². The third-order valence-corrected chi connectivity index (χ3v) is 4.47. The summed E-state index contributed by atoms with van der Waals surface area (Å²) in [5.41, 5.74) is 0.934. The molecule has 0 spiro atoms. The average Bonchev–Trinajstić information content (AvgIpc) is 2.68. The Labute approximate surface area is 153 Å². The van der Waals surface area contributed by atoms with E-state index in [1.54, 1.807) is 11.8 Å². The van der Waals surface area contributed by atoms with E-state index in [0.717, 1.165) is 5.56 Å². The Balaban J connectivity index is 1.91. The summed E-state index contributed by atoms with van der Waals surface area (Å²) in [6.07, 6.45) is 1.49. The standard InChI is InChI=1S/C19H26N2O5/c1-3-26-17(22)15-9-11-21(12-10-15)19(24)20-16(18(23)25-2)13-14-7-5-4-6-8-14/h4-8,15-16H,3,9-13H2,1-2H3,(H,20,24). The third kappa shape index (κ3) is 5.47. The average molecular weight is 362 g/mol. The number of methoxy groups -OCH3 is 1. The lowest BCUT2D eigenvalue weighted by molar-refractivity contribution is -0.149. The van der Waals surface area contributed by atoms with Crippen molar-refractivity contribution in [3.8, 4) is 0 Å². The summed E-state index contributed by atoms with van der Waals surface area (Å²) in [6.45, 7) is 3.04. The van der Waals surface area contributed by atoms with Gasteiger partial charge in [-0.25, -0.2) is 9.59 Å². The SMILES string of the molecule is CCOC(=O)C1CCN(C(=O)NC(Cc2ccccc2)C(=O)OC)CC1.